The van der Waals surface area contributed by atoms with Gasteiger partial charge in [-0.1, -0.05) is 18.2 Å². The molecule has 82 valence electrons. The lowest BCUT2D eigenvalue weighted by Crippen LogP contribution is -2.39. The molecule has 1 N–H and O–H groups in total. The molecule has 0 radical (unpaired) electrons. The van der Waals surface area contributed by atoms with Crippen molar-refractivity contribution in [3.05, 3.63) is 29.8 Å². The molecule has 3 heteroatoms. The monoisotopic (exact) mass is 215 g/mol. The maximum atomic E-state index is 11.2. The summed E-state index contributed by atoms with van der Waals surface area (Å²) in [4.78, 5) is 13.0. The molecule has 1 heterocycles. The smallest absolute Gasteiger partial charge is 0.326 e. The molecule has 1 unspecified atom stereocenters. The lowest BCUT2D eigenvalue weighted by molar-refractivity contribution is -0.138. The molecule has 0 bridgehead atoms. The number of benzene rings is 1. The van der Waals surface area contributed by atoms with Crippen LogP contribution in [-0.2, 0) is 11.2 Å². The van der Waals surface area contributed by atoms with Crippen LogP contribution < -0.4 is 4.90 Å². The predicted molar refractivity (Wildman–Crippen MR) is 62.4 cm³/mol. The first-order chi connectivity index (χ1) is 7.74. The minimum Gasteiger partial charge on any atom is -0.480 e. The average Bonchev–Trinajstić information content (AvgIpc) is 2.65. The Bertz CT molecular complexity index is 447. The Balaban J connectivity index is 2.29. The van der Waals surface area contributed by atoms with Gasteiger partial charge in [-0.2, -0.15) is 0 Å². The minimum atomic E-state index is -0.784. The van der Waals surface area contributed by atoms with Crippen LogP contribution in [-0.4, -0.2) is 23.7 Å². The Morgan fingerprint density at radius 3 is 3.00 bits per heavy atom. The third-order valence-electron chi connectivity index (χ3n) is 2.87. The average molecular weight is 215 g/mol. The minimum absolute atomic E-state index is 0.467. The normalized spacial score (nSPS) is 17.9. The predicted octanol–water partition coefficient (Wildman–Crippen LogP) is 1.53. The van der Waals surface area contributed by atoms with Gasteiger partial charge in [0.05, 0.1) is 0 Å². The first-order valence-corrected chi connectivity index (χ1v) is 5.25. The number of carboxylic acids is 1. The third-order valence-corrected chi connectivity index (χ3v) is 2.87. The van der Waals surface area contributed by atoms with E-state index in [4.69, 9.17) is 11.5 Å². The van der Waals surface area contributed by atoms with Gasteiger partial charge in [0, 0.05) is 25.1 Å². The molecular formula is C13H13NO2. The van der Waals surface area contributed by atoms with E-state index < -0.39 is 12.0 Å². The summed E-state index contributed by atoms with van der Waals surface area (Å²) in [5.74, 6) is 1.77. The molecule has 0 aromatic heterocycles. The van der Waals surface area contributed by atoms with Crippen LogP contribution in [0, 0.1) is 12.3 Å². The quantitative estimate of drug-likeness (QED) is 0.777. The van der Waals surface area contributed by atoms with Crippen molar-refractivity contribution in [3.63, 3.8) is 0 Å². The van der Waals surface area contributed by atoms with Gasteiger partial charge in [-0.25, -0.2) is 4.79 Å². The number of hydrogen-bond acceptors (Lipinski definition) is 2. The first-order valence-electron chi connectivity index (χ1n) is 5.25. The van der Waals surface area contributed by atoms with Crippen LogP contribution >= 0.6 is 0 Å². The third kappa shape index (κ3) is 1.74. The molecule has 0 amide bonds. The Kier molecular flexibility index (Phi) is 2.82. The molecule has 0 fully saturated rings. The van der Waals surface area contributed by atoms with Crippen molar-refractivity contribution < 1.29 is 9.90 Å². The molecule has 0 aliphatic carbocycles. The summed E-state index contributed by atoms with van der Waals surface area (Å²) in [6, 6.07) is 7.32. The van der Waals surface area contributed by atoms with E-state index in [1.54, 1.807) is 0 Å². The maximum Gasteiger partial charge on any atom is 0.326 e. The molecule has 16 heavy (non-hydrogen) atoms. The number of fused-ring (bicyclic) bond motifs is 1. The van der Waals surface area contributed by atoms with E-state index in [9.17, 15) is 4.79 Å². The number of carboxylic acid groups (broad SMARTS) is 1. The summed E-state index contributed by atoms with van der Waals surface area (Å²) in [7, 11) is 0. The second-order valence-electron chi connectivity index (χ2n) is 3.83. The van der Waals surface area contributed by atoms with Crippen LogP contribution in [0.5, 0.6) is 0 Å². The summed E-state index contributed by atoms with van der Waals surface area (Å²) >= 11 is 0. The van der Waals surface area contributed by atoms with E-state index >= 15 is 0 Å². The number of rotatable bonds is 3. The van der Waals surface area contributed by atoms with Crippen molar-refractivity contribution >= 4 is 11.7 Å². The van der Waals surface area contributed by atoms with Gasteiger partial charge >= 0.3 is 5.97 Å². The zero-order chi connectivity index (χ0) is 11.5. The van der Waals surface area contributed by atoms with Crippen molar-refractivity contribution in [1.29, 1.82) is 0 Å². The standard InChI is InChI=1S/C13H13NO2/c1-2-3-8-14-11-7-5-4-6-10(11)9-12(14)13(15)16/h1,4-7,12H,3,8-9H2,(H,15,16). The van der Waals surface area contributed by atoms with Crippen LogP contribution in [0.15, 0.2) is 24.3 Å². The van der Waals surface area contributed by atoms with Gasteiger partial charge in [0.1, 0.15) is 6.04 Å². The van der Waals surface area contributed by atoms with E-state index in [2.05, 4.69) is 5.92 Å². The number of aliphatic carboxylic acids is 1. The number of carbonyl (C=O) groups is 1. The summed E-state index contributed by atoms with van der Waals surface area (Å²) < 4.78 is 0. The van der Waals surface area contributed by atoms with E-state index in [0.29, 0.717) is 19.4 Å². The van der Waals surface area contributed by atoms with E-state index in [-0.39, 0.29) is 0 Å². The largest absolute Gasteiger partial charge is 0.480 e. The molecular weight excluding hydrogens is 202 g/mol. The fourth-order valence-corrected chi connectivity index (χ4v) is 2.13. The molecule has 3 nitrogen and oxygen atoms in total. The fourth-order valence-electron chi connectivity index (χ4n) is 2.13. The number of hydrogen-bond donors (Lipinski definition) is 1. The highest BCUT2D eigenvalue weighted by Crippen LogP contribution is 2.31. The van der Waals surface area contributed by atoms with Gasteiger partial charge in [0.25, 0.3) is 0 Å². The van der Waals surface area contributed by atoms with Gasteiger partial charge in [-0.05, 0) is 11.6 Å². The van der Waals surface area contributed by atoms with Gasteiger partial charge in [0.15, 0.2) is 0 Å². The Hall–Kier alpha value is -1.95. The van der Waals surface area contributed by atoms with Crippen LogP contribution in [0.25, 0.3) is 0 Å². The van der Waals surface area contributed by atoms with Crippen molar-refractivity contribution in [2.45, 2.75) is 18.9 Å². The second kappa shape index (κ2) is 4.28. The van der Waals surface area contributed by atoms with E-state index in [1.807, 2.05) is 29.2 Å². The molecule has 0 saturated carbocycles. The van der Waals surface area contributed by atoms with Crippen LogP contribution in [0.1, 0.15) is 12.0 Å². The van der Waals surface area contributed by atoms with E-state index in [0.717, 1.165) is 11.3 Å². The highest BCUT2D eigenvalue weighted by Gasteiger charge is 2.33. The summed E-state index contributed by atoms with van der Waals surface area (Å²) in [6.07, 6.45) is 6.36. The number of nitrogens with zero attached hydrogens (tertiary/aromatic N) is 1. The zero-order valence-corrected chi connectivity index (χ0v) is 8.89. The van der Waals surface area contributed by atoms with Gasteiger partial charge in [-0.15, -0.1) is 12.3 Å². The molecule has 1 aliphatic rings. The van der Waals surface area contributed by atoms with Crippen molar-refractivity contribution in [3.8, 4) is 12.3 Å². The van der Waals surface area contributed by atoms with Crippen molar-refractivity contribution in [2.75, 3.05) is 11.4 Å². The second-order valence-corrected chi connectivity index (χ2v) is 3.83. The highest BCUT2D eigenvalue weighted by atomic mass is 16.4. The molecule has 0 saturated heterocycles. The Morgan fingerprint density at radius 2 is 2.31 bits per heavy atom. The number of para-hydroxylation sites is 1. The van der Waals surface area contributed by atoms with Gasteiger partial charge in [0.2, 0.25) is 0 Å². The molecule has 1 atom stereocenters. The number of terminal acetylenes is 1. The number of anilines is 1. The molecule has 2 rings (SSSR count). The molecule has 1 aromatic carbocycles. The Labute approximate surface area is 94.7 Å². The van der Waals surface area contributed by atoms with Crippen LogP contribution in [0.3, 0.4) is 0 Å². The topological polar surface area (TPSA) is 40.5 Å². The maximum absolute atomic E-state index is 11.2. The van der Waals surface area contributed by atoms with Crippen molar-refractivity contribution in [1.82, 2.24) is 0 Å². The Morgan fingerprint density at radius 1 is 1.56 bits per heavy atom. The van der Waals surface area contributed by atoms with E-state index in [1.165, 1.54) is 0 Å². The molecule has 0 spiro atoms. The molecule has 1 aromatic rings. The summed E-state index contributed by atoms with van der Waals surface area (Å²) in [6.45, 7) is 0.602. The van der Waals surface area contributed by atoms with Crippen LogP contribution in [0.4, 0.5) is 5.69 Å². The summed E-state index contributed by atoms with van der Waals surface area (Å²) in [5.41, 5.74) is 2.09. The van der Waals surface area contributed by atoms with Gasteiger partial charge in [-0.3, -0.25) is 0 Å². The van der Waals surface area contributed by atoms with Crippen molar-refractivity contribution in [2.24, 2.45) is 0 Å². The molecule has 1 aliphatic heterocycles. The lowest BCUT2D eigenvalue weighted by Gasteiger charge is -2.23. The first kappa shape index (κ1) is 10.6. The van der Waals surface area contributed by atoms with Gasteiger partial charge < -0.3 is 10.0 Å². The van der Waals surface area contributed by atoms with Crippen LogP contribution in [0.2, 0.25) is 0 Å². The highest BCUT2D eigenvalue weighted by molar-refractivity contribution is 5.82. The fraction of sp³-hybridized carbons (Fsp3) is 0.308. The lowest BCUT2D eigenvalue weighted by atomic mass is 10.1. The SMILES string of the molecule is C#CCCN1c2ccccc2CC1C(=O)O. The summed E-state index contributed by atoms with van der Waals surface area (Å²) in [5, 5.41) is 9.16. The zero-order valence-electron chi connectivity index (χ0n) is 8.89.